The first-order valence-electron chi connectivity index (χ1n) is 4.44. The van der Waals surface area contributed by atoms with Crippen LogP contribution in [-0.4, -0.2) is 11.1 Å². The Morgan fingerprint density at radius 2 is 2.27 bits per heavy atom. The van der Waals surface area contributed by atoms with Crippen LogP contribution in [0.25, 0.3) is 10.4 Å². The molecule has 5 heteroatoms. The van der Waals surface area contributed by atoms with Crippen LogP contribution in [0.15, 0.2) is 23.3 Å². The summed E-state index contributed by atoms with van der Waals surface area (Å²) in [4.78, 5) is 13.5. The summed E-state index contributed by atoms with van der Waals surface area (Å²) in [5.41, 5.74) is 10.0. The van der Waals surface area contributed by atoms with Crippen LogP contribution < -0.4 is 0 Å². The Morgan fingerprint density at radius 1 is 1.60 bits per heavy atom. The molecule has 0 saturated heterocycles. The van der Waals surface area contributed by atoms with Crippen molar-refractivity contribution in [2.24, 2.45) is 5.11 Å². The Hall–Kier alpha value is -2.00. The first-order valence-corrected chi connectivity index (χ1v) is 4.44. The van der Waals surface area contributed by atoms with E-state index in [1.165, 1.54) is 6.07 Å². The van der Waals surface area contributed by atoms with E-state index in [-0.39, 0.29) is 11.6 Å². The summed E-state index contributed by atoms with van der Waals surface area (Å²) in [7, 11) is 0. The Bertz CT molecular complexity index is 436. The molecule has 0 amide bonds. The van der Waals surface area contributed by atoms with Gasteiger partial charge in [-0.05, 0) is 29.6 Å². The Labute approximate surface area is 87.0 Å². The first-order chi connectivity index (χ1) is 7.06. The molecule has 15 heavy (non-hydrogen) atoms. The second-order valence-electron chi connectivity index (χ2n) is 3.26. The zero-order chi connectivity index (χ0) is 11.4. The lowest BCUT2D eigenvalue weighted by atomic mass is 10.0. The maximum absolute atomic E-state index is 10.7. The third-order valence-corrected chi connectivity index (χ3v) is 2.19. The molecule has 0 aliphatic carbocycles. The summed E-state index contributed by atoms with van der Waals surface area (Å²) in [5.74, 6) is -0.949. The average molecular weight is 205 g/mol. The minimum Gasteiger partial charge on any atom is -0.478 e. The number of carboxylic acids is 1. The standard InChI is InChI=1S/C10H11N3O2/c1-6-5-8(7(2)12-13-11)3-4-9(6)10(14)15/h3-5,7H,1-2H3,(H,14,15). The van der Waals surface area contributed by atoms with Gasteiger partial charge in [0.25, 0.3) is 0 Å². The third-order valence-electron chi connectivity index (χ3n) is 2.19. The summed E-state index contributed by atoms with van der Waals surface area (Å²) < 4.78 is 0. The molecule has 0 aliphatic rings. The number of azide groups is 1. The first kappa shape index (κ1) is 11.1. The van der Waals surface area contributed by atoms with Gasteiger partial charge in [-0.3, -0.25) is 0 Å². The minimum atomic E-state index is -0.949. The average Bonchev–Trinajstić information content (AvgIpc) is 2.17. The number of aryl methyl sites for hydroxylation is 1. The van der Waals surface area contributed by atoms with Crippen molar-refractivity contribution in [2.45, 2.75) is 19.9 Å². The highest BCUT2D eigenvalue weighted by Crippen LogP contribution is 2.20. The molecule has 1 unspecified atom stereocenters. The van der Waals surface area contributed by atoms with Gasteiger partial charge in [-0.15, -0.1) is 0 Å². The maximum atomic E-state index is 10.7. The van der Waals surface area contributed by atoms with E-state index in [1.54, 1.807) is 26.0 Å². The number of carboxylic acid groups (broad SMARTS) is 1. The molecule has 0 fully saturated rings. The molecule has 78 valence electrons. The van der Waals surface area contributed by atoms with E-state index < -0.39 is 5.97 Å². The van der Waals surface area contributed by atoms with Crippen LogP contribution >= 0.6 is 0 Å². The topological polar surface area (TPSA) is 86.1 Å². The Kier molecular flexibility index (Phi) is 3.31. The van der Waals surface area contributed by atoms with Crippen LogP contribution in [0, 0.1) is 6.92 Å². The molecule has 0 saturated carbocycles. The highest BCUT2D eigenvalue weighted by Gasteiger charge is 2.09. The van der Waals surface area contributed by atoms with Crippen LogP contribution in [0.2, 0.25) is 0 Å². The van der Waals surface area contributed by atoms with Crippen LogP contribution in [0.3, 0.4) is 0 Å². The molecular formula is C10H11N3O2. The van der Waals surface area contributed by atoms with Crippen molar-refractivity contribution in [3.63, 3.8) is 0 Å². The van der Waals surface area contributed by atoms with E-state index in [9.17, 15) is 4.79 Å². The largest absolute Gasteiger partial charge is 0.478 e. The predicted octanol–water partition coefficient (Wildman–Crippen LogP) is 3.06. The van der Waals surface area contributed by atoms with E-state index in [4.69, 9.17) is 10.6 Å². The Balaban J connectivity index is 3.11. The monoisotopic (exact) mass is 205 g/mol. The second-order valence-corrected chi connectivity index (χ2v) is 3.26. The number of hydrogen-bond acceptors (Lipinski definition) is 2. The van der Waals surface area contributed by atoms with E-state index >= 15 is 0 Å². The molecule has 0 aromatic heterocycles. The zero-order valence-electron chi connectivity index (χ0n) is 8.51. The van der Waals surface area contributed by atoms with Crippen LogP contribution in [-0.2, 0) is 0 Å². The van der Waals surface area contributed by atoms with Crippen LogP contribution in [0.1, 0.15) is 34.5 Å². The molecule has 1 aromatic carbocycles. The lowest BCUT2D eigenvalue weighted by molar-refractivity contribution is 0.0696. The fraction of sp³-hybridized carbons (Fsp3) is 0.300. The number of hydrogen-bond donors (Lipinski definition) is 1. The van der Waals surface area contributed by atoms with Gasteiger partial charge in [0.1, 0.15) is 0 Å². The van der Waals surface area contributed by atoms with Crippen molar-refractivity contribution >= 4 is 5.97 Å². The molecule has 1 aromatic rings. The number of rotatable bonds is 3. The van der Waals surface area contributed by atoms with Gasteiger partial charge < -0.3 is 5.11 Å². The van der Waals surface area contributed by atoms with Crippen molar-refractivity contribution < 1.29 is 9.90 Å². The third kappa shape index (κ3) is 2.48. The van der Waals surface area contributed by atoms with Crippen LogP contribution in [0.5, 0.6) is 0 Å². The number of benzene rings is 1. The van der Waals surface area contributed by atoms with Gasteiger partial charge in [0.15, 0.2) is 0 Å². The second kappa shape index (κ2) is 4.48. The normalized spacial score (nSPS) is 11.6. The molecule has 1 N–H and O–H groups in total. The molecule has 1 atom stereocenters. The van der Waals surface area contributed by atoms with E-state index in [1.807, 2.05) is 0 Å². The van der Waals surface area contributed by atoms with Crippen LogP contribution in [0.4, 0.5) is 0 Å². The fourth-order valence-corrected chi connectivity index (χ4v) is 1.33. The van der Waals surface area contributed by atoms with Gasteiger partial charge in [-0.1, -0.05) is 24.2 Å². The minimum absolute atomic E-state index is 0.270. The van der Waals surface area contributed by atoms with Crippen molar-refractivity contribution in [2.75, 3.05) is 0 Å². The molecule has 0 bridgehead atoms. The molecule has 0 aliphatic heterocycles. The number of carbonyl (C=O) groups is 1. The number of aromatic carboxylic acids is 1. The van der Waals surface area contributed by atoms with Gasteiger partial charge >= 0.3 is 5.97 Å². The molecule has 0 radical (unpaired) electrons. The van der Waals surface area contributed by atoms with Crippen molar-refractivity contribution in [1.82, 2.24) is 0 Å². The van der Waals surface area contributed by atoms with Gasteiger partial charge in [-0.2, -0.15) is 0 Å². The fourth-order valence-electron chi connectivity index (χ4n) is 1.33. The molecule has 1 rings (SSSR count). The predicted molar refractivity (Wildman–Crippen MR) is 55.7 cm³/mol. The molecular weight excluding hydrogens is 194 g/mol. The smallest absolute Gasteiger partial charge is 0.335 e. The number of nitrogens with zero attached hydrogens (tertiary/aromatic N) is 3. The van der Waals surface area contributed by atoms with Gasteiger partial charge in [0.2, 0.25) is 0 Å². The van der Waals surface area contributed by atoms with Crippen molar-refractivity contribution in [3.8, 4) is 0 Å². The molecule has 5 nitrogen and oxygen atoms in total. The lowest BCUT2D eigenvalue weighted by Gasteiger charge is -2.07. The van der Waals surface area contributed by atoms with Gasteiger partial charge in [-0.25, -0.2) is 4.79 Å². The summed E-state index contributed by atoms with van der Waals surface area (Å²) >= 11 is 0. The maximum Gasteiger partial charge on any atom is 0.335 e. The molecule has 0 heterocycles. The lowest BCUT2D eigenvalue weighted by Crippen LogP contribution is -2.01. The van der Waals surface area contributed by atoms with Crippen molar-refractivity contribution in [3.05, 3.63) is 45.3 Å². The Morgan fingerprint density at radius 3 is 2.73 bits per heavy atom. The summed E-state index contributed by atoms with van der Waals surface area (Å²) in [5, 5.41) is 12.4. The molecule has 0 spiro atoms. The van der Waals surface area contributed by atoms with E-state index in [2.05, 4.69) is 10.0 Å². The van der Waals surface area contributed by atoms with Gasteiger partial charge in [0.05, 0.1) is 11.6 Å². The highest BCUT2D eigenvalue weighted by atomic mass is 16.4. The van der Waals surface area contributed by atoms with Crippen molar-refractivity contribution in [1.29, 1.82) is 0 Å². The summed E-state index contributed by atoms with van der Waals surface area (Å²) in [6, 6.07) is 4.63. The summed E-state index contributed by atoms with van der Waals surface area (Å²) in [6.45, 7) is 3.48. The van der Waals surface area contributed by atoms with E-state index in [0.29, 0.717) is 5.56 Å². The van der Waals surface area contributed by atoms with Gasteiger partial charge in [0, 0.05) is 4.91 Å². The summed E-state index contributed by atoms with van der Waals surface area (Å²) in [6.07, 6.45) is 0. The van der Waals surface area contributed by atoms with E-state index in [0.717, 1.165) is 5.56 Å². The quantitative estimate of drug-likeness (QED) is 0.467. The zero-order valence-corrected chi connectivity index (χ0v) is 8.51. The SMILES string of the molecule is Cc1cc(C(C)N=[N+]=[N-])ccc1C(=O)O. The highest BCUT2D eigenvalue weighted by molar-refractivity contribution is 5.89.